The van der Waals surface area contributed by atoms with E-state index in [2.05, 4.69) is 32.2 Å². The molecule has 0 aliphatic rings. The summed E-state index contributed by atoms with van der Waals surface area (Å²) in [7, 11) is 0. The molecule has 1 unspecified atom stereocenters. The zero-order valence-corrected chi connectivity index (χ0v) is 11.1. The van der Waals surface area contributed by atoms with Crippen molar-refractivity contribution in [1.82, 2.24) is 5.32 Å². The van der Waals surface area contributed by atoms with E-state index in [-0.39, 0.29) is 23.9 Å². The lowest BCUT2D eigenvalue weighted by Gasteiger charge is -2.32. The molecule has 0 fully saturated rings. The van der Waals surface area contributed by atoms with Crippen LogP contribution >= 0.6 is 0 Å². The first-order valence-corrected chi connectivity index (χ1v) is 5.90. The first kappa shape index (κ1) is 13.7. The van der Waals surface area contributed by atoms with E-state index in [1.54, 1.807) is 0 Å². The molecule has 1 amide bonds. The molecule has 0 aliphatic carbocycles. The van der Waals surface area contributed by atoms with Crippen molar-refractivity contribution in [3.8, 4) is 0 Å². The Morgan fingerprint density at radius 1 is 1.41 bits per heavy atom. The summed E-state index contributed by atoms with van der Waals surface area (Å²) in [6, 6.07) is 8.19. The van der Waals surface area contributed by atoms with Crippen LogP contribution < -0.4 is 11.1 Å². The van der Waals surface area contributed by atoms with Gasteiger partial charge in [0.2, 0.25) is 5.91 Å². The minimum Gasteiger partial charge on any atom is -0.348 e. The molecule has 3 N–H and O–H groups in total. The van der Waals surface area contributed by atoms with Gasteiger partial charge in [0.1, 0.15) is 0 Å². The number of hydrogen-bond donors (Lipinski definition) is 2. The molecule has 1 atom stereocenters. The Bertz CT molecular complexity index is 393. The fraction of sp³-hybridized carbons (Fsp3) is 0.500. The van der Waals surface area contributed by atoms with Gasteiger partial charge in [-0.15, -0.1) is 0 Å². The third-order valence-corrected chi connectivity index (χ3v) is 2.73. The molecule has 3 heteroatoms. The van der Waals surface area contributed by atoms with Crippen LogP contribution in [0.15, 0.2) is 24.3 Å². The van der Waals surface area contributed by atoms with Crippen LogP contribution in [0.4, 0.5) is 0 Å². The molecule has 0 saturated carbocycles. The predicted octanol–water partition coefficient (Wildman–Crippen LogP) is 2.16. The summed E-state index contributed by atoms with van der Waals surface area (Å²) in [5.41, 5.74) is 7.63. The average Bonchev–Trinajstić information content (AvgIpc) is 2.23. The lowest BCUT2D eigenvalue weighted by Crippen LogP contribution is -2.39. The second kappa shape index (κ2) is 5.32. The molecular weight excluding hydrogens is 212 g/mol. The number of benzene rings is 1. The van der Waals surface area contributed by atoms with Crippen molar-refractivity contribution in [1.29, 1.82) is 0 Å². The molecular formula is C14H22N2O. The van der Waals surface area contributed by atoms with Crippen molar-refractivity contribution in [3.05, 3.63) is 35.4 Å². The van der Waals surface area contributed by atoms with Crippen LogP contribution in [-0.4, -0.2) is 12.5 Å². The van der Waals surface area contributed by atoms with Crippen molar-refractivity contribution in [2.45, 2.75) is 33.7 Å². The van der Waals surface area contributed by atoms with Crippen LogP contribution in [0.1, 0.15) is 37.9 Å². The van der Waals surface area contributed by atoms with Crippen LogP contribution in [0.3, 0.4) is 0 Å². The number of nitrogens with one attached hydrogen (secondary N) is 1. The van der Waals surface area contributed by atoms with E-state index in [1.807, 2.05) is 25.1 Å². The van der Waals surface area contributed by atoms with Crippen LogP contribution in [-0.2, 0) is 4.79 Å². The fourth-order valence-electron chi connectivity index (χ4n) is 1.87. The molecule has 0 aliphatic heterocycles. The third kappa shape index (κ3) is 3.86. The Balaban J connectivity index is 3.02. The molecule has 3 nitrogen and oxygen atoms in total. The minimum atomic E-state index is -0.119. The predicted molar refractivity (Wildman–Crippen MR) is 70.6 cm³/mol. The van der Waals surface area contributed by atoms with Crippen molar-refractivity contribution >= 4 is 5.91 Å². The Labute approximate surface area is 103 Å². The highest BCUT2D eigenvalue weighted by atomic mass is 16.1. The van der Waals surface area contributed by atoms with E-state index < -0.39 is 0 Å². The van der Waals surface area contributed by atoms with E-state index in [1.165, 1.54) is 5.56 Å². The fourth-order valence-corrected chi connectivity index (χ4v) is 1.87. The van der Waals surface area contributed by atoms with Crippen molar-refractivity contribution in [3.63, 3.8) is 0 Å². The smallest absolute Gasteiger partial charge is 0.234 e. The highest BCUT2D eigenvalue weighted by Crippen LogP contribution is 2.32. The summed E-state index contributed by atoms with van der Waals surface area (Å²) in [6.45, 7) is 8.40. The van der Waals surface area contributed by atoms with Gasteiger partial charge in [-0.3, -0.25) is 4.79 Å². The first-order chi connectivity index (χ1) is 7.84. The largest absolute Gasteiger partial charge is 0.348 e. The van der Waals surface area contributed by atoms with Crippen molar-refractivity contribution < 1.29 is 4.79 Å². The number of hydrogen-bond acceptors (Lipinski definition) is 2. The van der Waals surface area contributed by atoms with Gasteiger partial charge in [-0.1, -0.05) is 50.6 Å². The van der Waals surface area contributed by atoms with Gasteiger partial charge in [0.05, 0.1) is 12.6 Å². The summed E-state index contributed by atoms with van der Waals surface area (Å²) in [6.07, 6.45) is 0. The number of aryl methyl sites for hydroxylation is 1. The molecule has 0 heterocycles. The van der Waals surface area contributed by atoms with Crippen LogP contribution in [0.25, 0.3) is 0 Å². The number of nitrogens with two attached hydrogens (primary N) is 1. The number of carbonyl (C=O) groups is 1. The van der Waals surface area contributed by atoms with E-state index in [4.69, 9.17) is 5.73 Å². The zero-order chi connectivity index (χ0) is 13.1. The van der Waals surface area contributed by atoms with Gasteiger partial charge in [-0.2, -0.15) is 0 Å². The van der Waals surface area contributed by atoms with Gasteiger partial charge in [-0.05, 0) is 17.9 Å². The van der Waals surface area contributed by atoms with Gasteiger partial charge in [-0.25, -0.2) is 0 Å². The summed E-state index contributed by atoms with van der Waals surface area (Å²) in [4.78, 5) is 11.5. The Morgan fingerprint density at radius 2 is 2.06 bits per heavy atom. The van der Waals surface area contributed by atoms with Crippen molar-refractivity contribution in [2.24, 2.45) is 11.1 Å². The molecule has 0 aromatic heterocycles. The summed E-state index contributed by atoms with van der Waals surface area (Å²) < 4.78 is 0. The van der Waals surface area contributed by atoms with E-state index in [0.717, 1.165) is 5.56 Å². The number of carbonyl (C=O) groups excluding carboxylic acids is 1. The highest BCUT2D eigenvalue weighted by molar-refractivity contribution is 5.78. The molecule has 1 aromatic rings. The topological polar surface area (TPSA) is 55.1 Å². The third-order valence-electron chi connectivity index (χ3n) is 2.73. The van der Waals surface area contributed by atoms with Gasteiger partial charge >= 0.3 is 0 Å². The van der Waals surface area contributed by atoms with Crippen LogP contribution in [0, 0.1) is 12.3 Å². The lowest BCUT2D eigenvalue weighted by molar-refractivity contribution is -0.121. The van der Waals surface area contributed by atoms with E-state index >= 15 is 0 Å². The zero-order valence-electron chi connectivity index (χ0n) is 11.1. The summed E-state index contributed by atoms with van der Waals surface area (Å²) in [5.74, 6) is -0.119. The van der Waals surface area contributed by atoms with E-state index in [0.29, 0.717) is 0 Å². The maximum absolute atomic E-state index is 11.5. The molecule has 0 radical (unpaired) electrons. The number of amides is 1. The maximum Gasteiger partial charge on any atom is 0.234 e. The molecule has 0 bridgehead atoms. The highest BCUT2D eigenvalue weighted by Gasteiger charge is 2.27. The standard InChI is InChI=1S/C14H22N2O/c1-10-6-5-7-11(8-10)13(14(2,3)4)16-12(17)9-15/h5-8,13H,9,15H2,1-4H3,(H,16,17). The summed E-state index contributed by atoms with van der Waals surface area (Å²) in [5, 5.41) is 2.99. The second-order valence-electron chi connectivity index (χ2n) is 5.48. The van der Waals surface area contributed by atoms with Gasteiger partial charge in [0.25, 0.3) is 0 Å². The normalized spacial score (nSPS) is 13.2. The second-order valence-corrected chi connectivity index (χ2v) is 5.48. The molecule has 94 valence electrons. The lowest BCUT2D eigenvalue weighted by atomic mass is 9.82. The average molecular weight is 234 g/mol. The Hall–Kier alpha value is -1.35. The van der Waals surface area contributed by atoms with Crippen molar-refractivity contribution in [2.75, 3.05) is 6.54 Å². The maximum atomic E-state index is 11.5. The summed E-state index contributed by atoms with van der Waals surface area (Å²) >= 11 is 0. The molecule has 1 rings (SSSR count). The molecule has 1 aromatic carbocycles. The van der Waals surface area contributed by atoms with E-state index in [9.17, 15) is 4.79 Å². The van der Waals surface area contributed by atoms with Gasteiger partial charge < -0.3 is 11.1 Å². The van der Waals surface area contributed by atoms with Crippen LogP contribution in [0.5, 0.6) is 0 Å². The van der Waals surface area contributed by atoms with Gasteiger partial charge in [0, 0.05) is 0 Å². The Morgan fingerprint density at radius 3 is 2.53 bits per heavy atom. The molecule has 17 heavy (non-hydrogen) atoms. The monoisotopic (exact) mass is 234 g/mol. The van der Waals surface area contributed by atoms with Gasteiger partial charge in [0.15, 0.2) is 0 Å². The SMILES string of the molecule is Cc1cccc(C(NC(=O)CN)C(C)(C)C)c1. The minimum absolute atomic E-state index is 0.0153. The first-order valence-electron chi connectivity index (χ1n) is 5.90. The number of rotatable bonds is 3. The quantitative estimate of drug-likeness (QED) is 0.842. The van der Waals surface area contributed by atoms with Crippen LogP contribution in [0.2, 0.25) is 0 Å². The molecule has 0 saturated heterocycles. The molecule has 0 spiro atoms. The Kier molecular flexibility index (Phi) is 4.29.